The summed E-state index contributed by atoms with van der Waals surface area (Å²) in [4.78, 5) is 0. The van der Waals surface area contributed by atoms with Crippen molar-refractivity contribution < 1.29 is 30.9 Å². The quantitative estimate of drug-likeness (QED) is 0.682. The van der Waals surface area contributed by atoms with Crippen LogP contribution in [-0.4, -0.2) is 5.16 Å². The van der Waals surface area contributed by atoms with Crippen LogP contribution in [-0.2, 0) is 12.4 Å². The molecule has 0 aliphatic heterocycles. The largest absolute Gasteiger partial charge is 0.454 e. The molecule has 0 unspecified atom stereocenters. The SMILES string of the molecule is Nc1c(C(F)(F)F)noc1C(F)(F)F. The number of nitrogens with zero attached hydrogens (tertiary/aromatic N) is 1. The van der Waals surface area contributed by atoms with E-state index in [4.69, 9.17) is 0 Å². The molecule has 9 heteroatoms. The van der Waals surface area contributed by atoms with Gasteiger partial charge in [-0.1, -0.05) is 5.16 Å². The molecule has 0 radical (unpaired) electrons. The molecule has 1 aromatic rings. The molecule has 0 aliphatic carbocycles. The molecule has 3 nitrogen and oxygen atoms in total. The second kappa shape index (κ2) is 2.79. The highest BCUT2D eigenvalue weighted by Gasteiger charge is 2.46. The number of hydrogen-bond acceptors (Lipinski definition) is 3. The van der Waals surface area contributed by atoms with E-state index in [1.165, 1.54) is 0 Å². The maximum atomic E-state index is 11.9. The van der Waals surface area contributed by atoms with Crippen LogP contribution in [0.2, 0.25) is 0 Å². The van der Waals surface area contributed by atoms with Crippen molar-refractivity contribution in [3.8, 4) is 0 Å². The fourth-order valence-corrected chi connectivity index (χ4v) is 0.706. The van der Waals surface area contributed by atoms with Crippen LogP contribution in [0.1, 0.15) is 11.5 Å². The number of nitrogen functional groups attached to an aromatic ring is 1. The summed E-state index contributed by atoms with van der Waals surface area (Å²) in [5.41, 5.74) is 1.16. The lowest BCUT2D eigenvalue weighted by Gasteiger charge is -2.03. The highest BCUT2D eigenvalue weighted by molar-refractivity contribution is 5.48. The highest BCUT2D eigenvalue weighted by Crippen LogP contribution is 2.40. The van der Waals surface area contributed by atoms with Gasteiger partial charge in [-0.2, -0.15) is 26.3 Å². The topological polar surface area (TPSA) is 52.0 Å². The van der Waals surface area contributed by atoms with E-state index in [1.807, 2.05) is 0 Å². The third-order valence-corrected chi connectivity index (χ3v) is 1.25. The van der Waals surface area contributed by atoms with E-state index >= 15 is 0 Å². The Morgan fingerprint density at radius 3 is 1.71 bits per heavy atom. The summed E-state index contributed by atoms with van der Waals surface area (Å²) in [6, 6.07) is 0. The van der Waals surface area contributed by atoms with Gasteiger partial charge in [0.2, 0.25) is 5.69 Å². The van der Waals surface area contributed by atoms with Crippen LogP contribution in [0, 0.1) is 0 Å². The first-order valence-electron chi connectivity index (χ1n) is 3.03. The Bertz CT molecular complexity index is 305. The van der Waals surface area contributed by atoms with Crippen molar-refractivity contribution in [3.63, 3.8) is 0 Å². The number of nitrogens with two attached hydrogens (primary N) is 1. The van der Waals surface area contributed by atoms with Crippen molar-refractivity contribution >= 4 is 5.69 Å². The normalized spacial score (nSPS) is 13.3. The summed E-state index contributed by atoms with van der Waals surface area (Å²) < 4.78 is 74.7. The van der Waals surface area contributed by atoms with E-state index in [9.17, 15) is 26.3 Å². The lowest BCUT2D eigenvalue weighted by atomic mass is 10.3. The van der Waals surface area contributed by atoms with Gasteiger partial charge in [0, 0.05) is 0 Å². The fraction of sp³-hybridized carbons (Fsp3) is 0.400. The van der Waals surface area contributed by atoms with Crippen molar-refractivity contribution in [1.82, 2.24) is 5.16 Å². The molecule has 1 aromatic heterocycles. The zero-order valence-electron chi connectivity index (χ0n) is 6.20. The molecule has 1 heterocycles. The minimum Gasteiger partial charge on any atom is -0.394 e. The Balaban J connectivity index is 3.23. The van der Waals surface area contributed by atoms with Crippen LogP contribution < -0.4 is 5.73 Å². The van der Waals surface area contributed by atoms with Crippen LogP contribution in [0.5, 0.6) is 0 Å². The average molecular weight is 220 g/mol. The second-order valence-corrected chi connectivity index (χ2v) is 2.27. The first-order chi connectivity index (χ1) is 6.14. The molecule has 0 amide bonds. The zero-order valence-corrected chi connectivity index (χ0v) is 6.20. The van der Waals surface area contributed by atoms with E-state index < -0.39 is 29.5 Å². The fourth-order valence-electron chi connectivity index (χ4n) is 0.706. The zero-order chi connectivity index (χ0) is 11.1. The molecule has 1 rings (SSSR count). The van der Waals surface area contributed by atoms with Crippen LogP contribution in [0.15, 0.2) is 4.52 Å². The molecule has 0 saturated heterocycles. The second-order valence-electron chi connectivity index (χ2n) is 2.27. The monoisotopic (exact) mass is 220 g/mol. The number of aromatic nitrogens is 1. The standard InChI is InChI=1S/C5H2F6N2O/c6-4(7,8)2-1(12)3(14-13-2)5(9,10)11/h12H2. The highest BCUT2D eigenvalue weighted by atomic mass is 19.4. The van der Waals surface area contributed by atoms with Crippen LogP contribution in [0.4, 0.5) is 32.0 Å². The van der Waals surface area contributed by atoms with Gasteiger partial charge in [0.15, 0.2) is 0 Å². The molecular formula is C5H2F6N2O. The maximum absolute atomic E-state index is 11.9. The van der Waals surface area contributed by atoms with E-state index in [0.29, 0.717) is 0 Å². The molecule has 0 saturated carbocycles. The van der Waals surface area contributed by atoms with E-state index in [1.54, 1.807) is 0 Å². The lowest BCUT2D eigenvalue weighted by Crippen LogP contribution is -2.11. The van der Waals surface area contributed by atoms with Gasteiger partial charge < -0.3 is 10.3 Å². The Morgan fingerprint density at radius 1 is 1.00 bits per heavy atom. The van der Waals surface area contributed by atoms with Crippen LogP contribution in [0.25, 0.3) is 0 Å². The molecule has 0 aromatic carbocycles. The van der Waals surface area contributed by atoms with Crippen molar-refractivity contribution in [2.24, 2.45) is 0 Å². The smallest absolute Gasteiger partial charge is 0.394 e. The Morgan fingerprint density at radius 2 is 1.50 bits per heavy atom. The molecule has 0 bridgehead atoms. The summed E-state index contributed by atoms with van der Waals surface area (Å²) in [7, 11) is 0. The predicted octanol–water partition coefficient (Wildman–Crippen LogP) is 2.29. The first kappa shape index (κ1) is 10.7. The van der Waals surface area contributed by atoms with Crippen molar-refractivity contribution in [1.29, 1.82) is 0 Å². The van der Waals surface area contributed by atoms with Gasteiger partial charge in [-0.25, -0.2) is 0 Å². The number of hydrogen-bond donors (Lipinski definition) is 1. The van der Waals surface area contributed by atoms with Gasteiger partial charge in [-0.15, -0.1) is 0 Å². The number of halogens is 6. The summed E-state index contributed by atoms with van der Waals surface area (Å²) in [5.74, 6) is -1.94. The Kier molecular flexibility index (Phi) is 2.13. The summed E-state index contributed by atoms with van der Waals surface area (Å²) in [6.45, 7) is 0. The minimum atomic E-state index is -5.08. The van der Waals surface area contributed by atoms with Gasteiger partial charge in [-0.3, -0.25) is 0 Å². The predicted molar refractivity (Wildman–Crippen MR) is 30.9 cm³/mol. The van der Waals surface area contributed by atoms with E-state index in [-0.39, 0.29) is 0 Å². The van der Waals surface area contributed by atoms with Gasteiger partial charge in [0.05, 0.1) is 0 Å². The Hall–Kier alpha value is -1.41. The lowest BCUT2D eigenvalue weighted by molar-refractivity contribution is -0.155. The maximum Gasteiger partial charge on any atom is 0.454 e. The molecule has 0 atom stereocenters. The van der Waals surface area contributed by atoms with Crippen molar-refractivity contribution in [2.45, 2.75) is 12.4 Å². The van der Waals surface area contributed by atoms with Gasteiger partial charge in [-0.05, 0) is 0 Å². The molecule has 14 heavy (non-hydrogen) atoms. The molecule has 80 valence electrons. The van der Waals surface area contributed by atoms with Crippen molar-refractivity contribution in [2.75, 3.05) is 5.73 Å². The average Bonchev–Trinajstić information content (AvgIpc) is 2.26. The van der Waals surface area contributed by atoms with Crippen LogP contribution in [0.3, 0.4) is 0 Å². The minimum absolute atomic E-state index is 1.55. The van der Waals surface area contributed by atoms with E-state index in [2.05, 4.69) is 15.4 Å². The van der Waals surface area contributed by atoms with Crippen LogP contribution >= 0.6 is 0 Å². The van der Waals surface area contributed by atoms with Gasteiger partial charge in [0.1, 0.15) is 5.69 Å². The van der Waals surface area contributed by atoms with Gasteiger partial charge >= 0.3 is 12.4 Å². The summed E-state index contributed by atoms with van der Waals surface area (Å²) in [6.07, 6.45) is -10.1. The molecule has 0 fully saturated rings. The summed E-state index contributed by atoms with van der Waals surface area (Å²) >= 11 is 0. The molecular weight excluding hydrogens is 218 g/mol. The number of alkyl halides is 6. The third kappa shape index (κ3) is 1.75. The van der Waals surface area contributed by atoms with E-state index in [0.717, 1.165) is 0 Å². The molecule has 0 aliphatic rings. The number of rotatable bonds is 0. The molecule has 0 spiro atoms. The first-order valence-corrected chi connectivity index (χ1v) is 3.03. The summed E-state index contributed by atoms with van der Waals surface area (Å²) in [5, 5.41) is 2.21. The third-order valence-electron chi connectivity index (χ3n) is 1.25. The Labute approximate surface area is 72.5 Å². The van der Waals surface area contributed by atoms with Crippen molar-refractivity contribution in [3.05, 3.63) is 11.5 Å². The van der Waals surface area contributed by atoms with Gasteiger partial charge in [0.25, 0.3) is 5.76 Å². The number of anilines is 1. The molecule has 2 N–H and O–H groups in total.